The number of carbonyl (C=O) groups is 1. The molecule has 4 N–H and O–H groups in total. The van der Waals surface area contributed by atoms with Gasteiger partial charge < -0.3 is 20.8 Å². The summed E-state index contributed by atoms with van der Waals surface area (Å²) >= 11 is 0. The number of aliphatic carboxylic acids is 1. The first-order valence-corrected chi connectivity index (χ1v) is 12.3. The smallest absolute Gasteiger partial charge is 0.314 e. The van der Waals surface area contributed by atoms with Crippen LogP contribution in [0.3, 0.4) is 0 Å². The van der Waals surface area contributed by atoms with Crippen molar-refractivity contribution >= 4 is 23.4 Å². The van der Waals surface area contributed by atoms with Crippen LogP contribution in [0.1, 0.15) is 31.2 Å². The highest BCUT2D eigenvalue weighted by molar-refractivity contribution is 5.82. The maximum absolute atomic E-state index is 11.8. The van der Waals surface area contributed by atoms with Crippen LogP contribution in [0.4, 0.5) is 17.5 Å². The van der Waals surface area contributed by atoms with E-state index in [9.17, 15) is 15.0 Å². The fourth-order valence-corrected chi connectivity index (χ4v) is 4.87. The maximum atomic E-state index is 11.8. The molecule has 2 atom stereocenters. The predicted octanol–water partition coefficient (Wildman–Crippen LogP) is 5.30. The summed E-state index contributed by atoms with van der Waals surface area (Å²) in [7, 11) is 0. The van der Waals surface area contributed by atoms with Gasteiger partial charge >= 0.3 is 5.97 Å². The molecule has 2 aliphatic carbocycles. The van der Waals surface area contributed by atoms with E-state index in [1.807, 2.05) is 72.8 Å². The molecule has 36 heavy (non-hydrogen) atoms. The van der Waals surface area contributed by atoms with E-state index in [4.69, 9.17) is 4.98 Å². The van der Waals surface area contributed by atoms with Gasteiger partial charge in [0.1, 0.15) is 5.82 Å². The molecule has 5 rings (SSSR count). The van der Waals surface area contributed by atoms with Gasteiger partial charge in [-0.15, -0.1) is 0 Å². The molecule has 0 saturated heterocycles. The number of rotatable bonds is 9. The zero-order chi connectivity index (χ0) is 25.0. The first-order valence-electron chi connectivity index (χ1n) is 12.3. The number of nitrogens with one attached hydrogen (secondary N) is 2. The molecular formula is C29H30N4O3. The van der Waals surface area contributed by atoms with Crippen LogP contribution in [-0.4, -0.2) is 38.8 Å². The second kappa shape index (κ2) is 10.3. The van der Waals surface area contributed by atoms with E-state index in [1.54, 1.807) is 0 Å². The summed E-state index contributed by atoms with van der Waals surface area (Å²) in [5, 5.41) is 26.5. The molecule has 184 valence electrons. The van der Waals surface area contributed by atoms with Crippen LogP contribution in [0, 0.1) is 5.92 Å². The summed E-state index contributed by atoms with van der Waals surface area (Å²) in [5.41, 5.74) is 2.54. The molecule has 3 aromatic rings. The summed E-state index contributed by atoms with van der Waals surface area (Å²) in [5.74, 6) is 0.432. The SMILES string of the molecule is O=C(O)C1(c2ccc(Nc3nc(N[C@H](CO)C4C=CC=CC4)cc(-c4ccccc4)n3)cc2)CCC1. The number of anilines is 3. The second-order valence-electron chi connectivity index (χ2n) is 9.42. The average Bonchev–Trinajstić information content (AvgIpc) is 2.88. The largest absolute Gasteiger partial charge is 0.481 e. The van der Waals surface area contributed by atoms with Gasteiger partial charge in [0.15, 0.2) is 0 Å². The number of aliphatic hydroxyl groups is 1. The lowest BCUT2D eigenvalue weighted by molar-refractivity contribution is -0.147. The molecule has 0 spiro atoms. The lowest BCUT2D eigenvalue weighted by atomic mass is 9.64. The lowest BCUT2D eigenvalue weighted by Crippen LogP contribution is -2.42. The molecule has 1 unspecified atom stereocenters. The van der Waals surface area contributed by atoms with Crippen molar-refractivity contribution in [1.29, 1.82) is 0 Å². The summed E-state index contributed by atoms with van der Waals surface area (Å²) in [6.07, 6.45) is 11.3. The van der Waals surface area contributed by atoms with E-state index >= 15 is 0 Å². The fraction of sp³-hybridized carbons (Fsp3) is 0.276. The van der Waals surface area contributed by atoms with Gasteiger partial charge in [-0.05, 0) is 37.0 Å². The van der Waals surface area contributed by atoms with Crippen LogP contribution in [0.2, 0.25) is 0 Å². The number of aliphatic hydroxyl groups excluding tert-OH is 1. The van der Waals surface area contributed by atoms with Gasteiger partial charge in [0.25, 0.3) is 0 Å². The van der Waals surface area contributed by atoms with Gasteiger partial charge in [0.2, 0.25) is 5.95 Å². The van der Waals surface area contributed by atoms with Gasteiger partial charge in [-0.25, -0.2) is 4.98 Å². The highest BCUT2D eigenvalue weighted by Gasteiger charge is 2.45. The number of nitrogens with zero attached hydrogens (tertiary/aromatic N) is 2. The molecule has 1 fully saturated rings. The second-order valence-corrected chi connectivity index (χ2v) is 9.42. The number of carboxylic acid groups (broad SMARTS) is 1. The minimum atomic E-state index is -0.762. The molecule has 0 radical (unpaired) electrons. The van der Waals surface area contributed by atoms with Crippen molar-refractivity contribution < 1.29 is 15.0 Å². The quantitative estimate of drug-likeness (QED) is 0.328. The lowest BCUT2D eigenvalue weighted by Gasteiger charge is -2.38. The van der Waals surface area contributed by atoms with Gasteiger partial charge in [0, 0.05) is 23.2 Å². The number of aromatic nitrogens is 2. The van der Waals surface area contributed by atoms with Crippen molar-refractivity contribution in [2.24, 2.45) is 5.92 Å². The van der Waals surface area contributed by atoms with Gasteiger partial charge in [-0.3, -0.25) is 4.79 Å². The zero-order valence-electron chi connectivity index (χ0n) is 20.0. The monoisotopic (exact) mass is 482 g/mol. The molecule has 1 saturated carbocycles. The van der Waals surface area contributed by atoms with Crippen LogP contribution < -0.4 is 10.6 Å². The Balaban J connectivity index is 1.42. The highest BCUT2D eigenvalue weighted by Crippen LogP contribution is 2.44. The maximum Gasteiger partial charge on any atom is 0.314 e. The minimum absolute atomic E-state index is 0.0247. The summed E-state index contributed by atoms with van der Waals surface area (Å²) in [4.78, 5) is 21.3. The van der Waals surface area contributed by atoms with Gasteiger partial charge in [0.05, 0.1) is 23.8 Å². The zero-order valence-corrected chi connectivity index (χ0v) is 20.0. The third-order valence-electron chi connectivity index (χ3n) is 7.17. The average molecular weight is 483 g/mol. The van der Waals surface area contributed by atoms with E-state index in [2.05, 4.69) is 27.8 Å². The number of benzene rings is 2. The molecule has 1 heterocycles. The van der Waals surface area contributed by atoms with E-state index < -0.39 is 11.4 Å². The van der Waals surface area contributed by atoms with E-state index in [1.165, 1.54) is 0 Å². The Morgan fingerprint density at radius 2 is 1.83 bits per heavy atom. The fourth-order valence-electron chi connectivity index (χ4n) is 4.87. The van der Waals surface area contributed by atoms with Crippen molar-refractivity contribution in [1.82, 2.24) is 9.97 Å². The van der Waals surface area contributed by atoms with Crippen molar-refractivity contribution in [2.75, 3.05) is 17.2 Å². The Bertz CT molecular complexity index is 1270. The molecule has 0 bridgehead atoms. The molecule has 0 amide bonds. The Kier molecular flexibility index (Phi) is 6.82. The summed E-state index contributed by atoms with van der Waals surface area (Å²) in [6, 6.07) is 19.1. The highest BCUT2D eigenvalue weighted by atomic mass is 16.4. The van der Waals surface area contributed by atoms with Crippen molar-refractivity contribution in [3.63, 3.8) is 0 Å². The molecule has 1 aromatic heterocycles. The van der Waals surface area contributed by atoms with Crippen molar-refractivity contribution in [3.05, 3.63) is 90.5 Å². The van der Waals surface area contributed by atoms with Crippen LogP contribution in [-0.2, 0) is 10.2 Å². The number of carboxylic acids is 1. The Morgan fingerprint density at radius 1 is 1.06 bits per heavy atom. The van der Waals surface area contributed by atoms with Crippen LogP contribution in [0.25, 0.3) is 11.3 Å². The standard InChI is InChI=1S/C29H30N4O3/c34-19-25(21-10-5-2-6-11-21)31-26-18-24(20-8-3-1-4-9-20)32-28(33-26)30-23-14-12-22(13-15-23)29(27(35)36)16-7-17-29/h1-6,8-10,12-15,18,21,25,34H,7,11,16-17,19H2,(H,35,36)(H2,30,31,32,33)/t21?,25-/m1/s1. The predicted molar refractivity (Wildman–Crippen MR) is 141 cm³/mol. The third kappa shape index (κ3) is 4.88. The number of hydrogen-bond donors (Lipinski definition) is 4. The topological polar surface area (TPSA) is 107 Å². The molecule has 2 aliphatic rings. The molecule has 7 nitrogen and oxygen atoms in total. The Morgan fingerprint density at radius 3 is 2.44 bits per heavy atom. The van der Waals surface area contributed by atoms with Crippen LogP contribution >= 0.6 is 0 Å². The third-order valence-corrected chi connectivity index (χ3v) is 7.17. The van der Waals surface area contributed by atoms with Crippen LogP contribution in [0.5, 0.6) is 0 Å². The van der Waals surface area contributed by atoms with Gasteiger partial charge in [-0.1, -0.05) is 73.2 Å². The minimum Gasteiger partial charge on any atom is -0.481 e. The van der Waals surface area contributed by atoms with E-state index in [0.29, 0.717) is 24.6 Å². The summed E-state index contributed by atoms with van der Waals surface area (Å²) in [6.45, 7) is -0.0247. The van der Waals surface area contributed by atoms with E-state index in [0.717, 1.165) is 35.3 Å². The summed E-state index contributed by atoms with van der Waals surface area (Å²) < 4.78 is 0. The molecular weight excluding hydrogens is 452 g/mol. The van der Waals surface area contributed by atoms with Crippen LogP contribution in [0.15, 0.2) is 85.0 Å². The molecule has 7 heteroatoms. The normalized spacial score (nSPS) is 18.8. The molecule has 2 aromatic carbocycles. The van der Waals surface area contributed by atoms with Crippen molar-refractivity contribution in [2.45, 2.75) is 37.1 Å². The first kappa shape index (κ1) is 23.8. The number of allylic oxidation sites excluding steroid dienone is 3. The first-order chi connectivity index (χ1) is 17.6. The number of hydrogen-bond acceptors (Lipinski definition) is 6. The molecule has 0 aliphatic heterocycles. The van der Waals surface area contributed by atoms with Gasteiger partial charge in [-0.2, -0.15) is 4.98 Å². The Labute approximate surface area is 210 Å². The Hall–Kier alpha value is -3.97. The van der Waals surface area contributed by atoms with E-state index in [-0.39, 0.29) is 18.6 Å². The van der Waals surface area contributed by atoms with Crippen molar-refractivity contribution in [3.8, 4) is 11.3 Å².